The molecule has 0 saturated carbocycles. The zero-order valence-electron chi connectivity index (χ0n) is 11.1. The van der Waals surface area contributed by atoms with Gasteiger partial charge in [0.2, 0.25) is 0 Å². The smallest absolute Gasteiger partial charge is 0.0609 e. The van der Waals surface area contributed by atoms with Gasteiger partial charge in [-0.15, -0.1) is 0 Å². The number of hydrogen-bond acceptors (Lipinski definition) is 3. The van der Waals surface area contributed by atoms with Gasteiger partial charge in [0.05, 0.1) is 6.04 Å². The molecule has 2 aromatic heterocycles. The predicted octanol–water partition coefficient (Wildman–Crippen LogP) is 2.79. The minimum absolute atomic E-state index is 0.164. The van der Waals surface area contributed by atoms with Crippen LogP contribution in [0.4, 0.5) is 0 Å². The third-order valence-corrected chi connectivity index (χ3v) is 3.00. The molecule has 94 valence electrons. The second-order valence-electron chi connectivity index (χ2n) is 4.40. The lowest BCUT2D eigenvalue weighted by Crippen LogP contribution is -2.23. The van der Waals surface area contributed by atoms with Crippen LogP contribution < -0.4 is 5.32 Å². The molecular formula is C15H19N3. The second kappa shape index (κ2) is 5.74. The summed E-state index contributed by atoms with van der Waals surface area (Å²) >= 11 is 0. The molecule has 2 heterocycles. The van der Waals surface area contributed by atoms with Gasteiger partial charge in [0.25, 0.3) is 0 Å². The van der Waals surface area contributed by atoms with E-state index >= 15 is 0 Å². The maximum absolute atomic E-state index is 4.54. The van der Waals surface area contributed by atoms with Crippen molar-refractivity contribution in [3.63, 3.8) is 0 Å². The molecule has 0 saturated heterocycles. The Morgan fingerprint density at radius 1 is 1.22 bits per heavy atom. The van der Waals surface area contributed by atoms with Crippen LogP contribution in [0.1, 0.15) is 35.5 Å². The Bertz CT molecular complexity index is 508. The van der Waals surface area contributed by atoms with Gasteiger partial charge in [-0.25, -0.2) is 0 Å². The van der Waals surface area contributed by atoms with Crippen LogP contribution in [0.3, 0.4) is 0 Å². The summed E-state index contributed by atoms with van der Waals surface area (Å²) in [5.74, 6) is 0. The summed E-state index contributed by atoms with van der Waals surface area (Å²) in [5.41, 5.74) is 4.52. The van der Waals surface area contributed by atoms with E-state index in [1.807, 2.05) is 19.2 Å². The fourth-order valence-electron chi connectivity index (χ4n) is 2.16. The number of hydrogen-bond donors (Lipinski definition) is 1. The van der Waals surface area contributed by atoms with Gasteiger partial charge in [0.1, 0.15) is 0 Å². The van der Waals surface area contributed by atoms with Crippen molar-refractivity contribution in [1.82, 2.24) is 15.3 Å². The monoisotopic (exact) mass is 241 g/mol. The Morgan fingerprint density at radius 3 is 2.67 bits per heavy atom. The van der Waals surface area contributed by atoms with Crippen molar-refractivity contribution < 1.29 is 0 Å². The minimum atomic E-state index is 0.164. The van der Waals surface area contributed by atoms with Crippen molar-refractivity contribution in [2.24, 2.45) is 0 Å². The molecule has 2 rings (SSSR count). The van der Waals surface area contributed by atoms with E-state index in [1.165, 1.54) is 11.1 Å². The summed E-state index contributed by atoms with van der Waals surface area (Å²) in [5, 5.41) is 3.50. The van der Waals surface area contributed by atoms with Crippen molar-refractivity contribution in [2.75, 3.05) is 6.54 Å². The summed E-state index contributed by atoms with van der Waals surface area (Å²) < 4.78 is 0. The van der Waals surface area contributed by atoms with Crippen molar-refractivity contribution in [2.45, 2.75) is 26.8 Å². The summed E-state index contributed by atoms with van der Waals surface area (Å²) in [6.45, 7) is 7.10. The van der Waals surface area contributed by atoms with Gasteiger partial charge >= 0.3 is 0 Å². The number of aromatic nitrogens is 2. The average Bonchev–Trinajstić information content (AvgIpc) is 2.38. The van der Waals surface area contributed by atoms with Crippen LogP contribution in [0.2, 0.25) is 0 Å². The highest BCUT2D eigenvalue weighted by Gasteiger charge is 2.15. The number of rotatable bonds is 4. The number of nitrogens with zero attached hydrogens (tertiary/aromatic N) is 2. The lowest BCUT2D eigenvalue weighted by atomic mass is 9.98. The molecule has 2 aromatic rings. The Labute approximate surface area is 108 Å². The van der Waals surface area contributed by atoms with E-state index in [4.69, 9.17) is 0 Å². The highest BCUT2D eigenvalue weighted by Crippen LogP contribution is 2.23. The van der Waals surface area contributed by atoms with Crippen LogP contribution in [0, 0.1) is 13.8 Å². The van der Waals surface area contributed by atoms with E-state index in [9.17, 15) is 0 Å². The Kier molecular flexibility index (Phi) is 4.05. The first-order valence-electron chi connectivity index (χ1n) is 6.29. The van der Waals surface area contributed by atoms with E-state index in [0.29, 0.717) is 0 Å². The second-order valence-corrected chi connectivity index (χ2v) is 4.40. The molecule has 1 N–H and O–H groups in total. The fraction of sp³-hybridized carbons (Fsp3) is 0.333. The SMILES string of the molecule is CCNC(c1cccnc1)c1ccc(C)nc1C. The summed E-state index contributed by atoms with van der Waals surface area (Å²) in [7, 11) is 0. The lowest BCUT2D eigenvalue weighted by Gasteiger charge is -2.20. The van der Waals surface area contributed by atoms with Crippen molar-refractivity contribution in [1.29, 1.82) is 0 Å². The highest BCUT2D eigenvalue weighted by molar-refractivity contribution is 5.33. The van der Waals surface area contributed by atoms with Crippen molar-refractivity contribution >= 4 is 0 Å². The average molecular weight is 241 g/mol. The normalized spacial score (nSPS) is 12.4. The molecule has 0 radical (unpaired) electrons. The van der Waals surface area contributed by atoms with Crippen LogP contribution in [-0.2, 0) is 0 Å². The molecule has 0 amide bonds. The van der Waals surface area contributed by atoms with E-state index in [0.717, 1.165) is 17.9 Å². The standard InChI is InChI=1S/C15H19N3/c1-4-17-15(13-6-5-9-16-10-13)14-8-7-11(2)18-12(14)3/h5-10,15,17H,4H2,1-3H3. The van der Waals surface area contributed by atoms with Crippen LogP contribution in [0.25, 0.3) is 0 Å². The first-order valence-corrected chi connectivity index (χ1v) is 6.29. The molecule has 3 nitrogen and oxygen atoms in total. The Morgan fingerprint density at radius 2 is 2.06 bits per heavy atom. The summed E-state index contributed by atoms with van der Waals surface area (Å²) in [6, 6.07) is 8.44. The molecule has 0 spiro atoms. The van der Waals surface area contributed by atoms with Crippen LogP contribution in [0.15, 0.2) is 36.7 Å². The third kappa shape index (κ3) is 2.74. The van der Waals surface area contributed by atoms with Crippen molar-refractivity contribution in [3.05, 3.63) is 59.2 Å². The number of aryl methyl sites for hydroxylation is 2. The zero-order chi connectivity index (χ0) is 13.0. The Hall–Kier alpha value is -1.74. The quantitative estimate of drug-likeness (QED) is 0.894. The molecule has 0 bridgehead atoms. The molecule has 0 aliphatic rings. The molecule has 0 aromatic carbocycles. The van der Waals surface area contributed by atoms with Crippen LogP contribution >= 0.6 is 0 Å². The molecule has 3 heteroatoms. The van der Waals surface area contributed by atoms with Gasteiger partial charge in [-0.1, -0.05) is 19.1 Å². The first kappa shape index (κ1) is 12.7. The predicted molar refractivity (Wildman–Crippen MR) is 73.5 cm³/mol. The van der Waals surface area contributed by atoms with Gasteiger partial charge in [-0.3, -0.25) is 9.97 Å². The summed E-state index contributed by atoms with van der Waals surface area (Å²) in [4.78, 5) is 8.74. The third-order valence-electron chi connectivity index (χ3n) is 3.00. The molecule has 0 fully saturated rings. The summed E-state index contributed by atoms with van der Waals surface area (Å²) in [6.07, 6.45) is 3.71. The maximum Gasteiger partial charge on any atom is 0.0609 e. The van der Waals surface area contributed by atoms with E-state index in [-0.39, 0.29) is 6.04 Å². The van der Waals surface area contributed by atoms with Crippen LogP contribution in [0.5, 0.6) is 0 Å². The largest absolute Gasteiger partial charge is 0.306 e. The van der Waals surface area contributed by atoms with Gasteiger partial charge in [0.15, 0.2) is 0 Å². The van der Waals surface area contributed by atoms with Gasteiger partial charge in [0, 0.05) is 23.8 Å². The van der Waals surface area contributed by atoms with Gasteiger partial charge < -0.3 is 5.32 Å². The van der Waals surface area contributed by atoms with Gasteiger partial charge in [-0.2, -0.15) is 0 Å². The molecule has 0 aliphatic carbocycles. The molecule has 1 atom stereocenters. The van der Waals surface area contributed by atoms with Crippen molar-refractivity contribution in [3.8, 4) is 0 Å². The van der Waals surface area contributed by atoms with E-state index < -0.39 is 0 Å². The number of nitrogens with one attached hydrogen (secondary N) is 1. The Balaban J connectivity index is 2.41. The van der Waals surface area contributed by atoms with Crippen LogP contribution in [-0.4, -0.2) is 16.5 Å². The topological polar surface area (TPSA) is 37.8 Å². The fourth-order valence-corrected chi connectivity index (χ4v) is 2.16. The first-order chi connectivity index (χ1) is 8.72. The molecule has 1 unspecified atom stereocenters. The molecule has 18 heavy (non-hydrogen) atoms. The van der Waals surface area contributed by atoms with E-state index in [1.54, 1.807) is 6.20 Å². The maximum atomic E-state index is 4.54. The molecular weight excluding hydrogens is 222 g/mol. The number of pyridine rings is 2. The van der Waals surface area contributed by atoms with E-state index in [2.05, 4.69) is 47.3 Å². The lowest BCUT2D eigenvalue weighted by molar-refractivity contribution is 0.622. The highest BCUT2D eigenvalue weighted by atomic mass is 14.9. The zero-order valence-corrected chi connectivity index (χ0v) is 11.1. The molecule has 0 aliphatic heterocycles. The van der Waals surface area contributed by atoms with Gasteiger partial charge in [-0.05, 0) is 43.7 Å². The minimum Gasteiger partial charge on any atom is -0.306 e.